The summed E-state index contributed by atoms with van der Waals surface area (Å²) < 4.78 is 1.27. The van der Waals surface area contributed by atoms with E-state index in [0.29, 0.717) is 18.8 Å². The smallest absolute Gasteiger partial charge is 0.244 e. The number of hydrogen-bond acceptors (Lipinski definition) is 7. The zero-order valence-corrected chi connectivity index (χ0v) is 12.6. The van der Waals surface area contributed by atoms with Crippen molar-refractivity contribution < 1.29 is 9.90 Å². The molecule has 9 nitrogen and oxygen atoms in total. The molecule has 3 N–H and O–H groups in total. The highest BCUT2D eigenvalue weighted by molar-refractivity contribution is 5.76. The van der Waals surface area contributed by atoms with Crippen molar-refractivity contribution in [1.82, 2.24) is 30.1 Å². The fourth-order valence-electron chi connectivity index (χ4n) is 2.81. The molecule has 1 aliphatic heterocycles. The van der Waals surface area contributed by atoms with Crippen LogP contribution < -0.4 is 5.73 Å². The van der Waals surface area contributed by atoms with Crippen molar-refractivity contribution in [3.8, 4) is 0 Å². The largest absolute Gasteiger partial charge is 0.387 e. The maximum absolute atomic E-state index is 12.2. The first-order valence-corrected chi connectivity index (χ1v) is 7.53. The number of amides is 1. The van der Waals surface area contributed by atoms with Crippen LogP contribution in [0.1, 0.15) is 24.6 Å². The van der Waals surface area contributed by atoms with E-state index in [1.165, 1.54) is 4.68 Å². The summed E-state index contributed by atoms with van der Waals surface area (Å²) in [6.07, 6.45) is 2.54. The summed E-state index contributed by atoms with van der Waals surface area (Å²) in [5, 5.41) is 21.0. The van der Waals surface area contributed by atoms with E-state index in [2.05, 4.69) is 20.5 Å². The van der Waals surface area contributed by atoms with Gasteiger partial charge in [0, 0.05) is 19.3 Å². The van der Waals surface area contributed by atoms with Crippen LogP contribution in [0.5, 0.6) is 0 Å². The quantitative estimate of drug-likeness (QED) is 0.788. The summed E-state index contributed by atoms with van der Waals surface area (Å²) in [5.74, 6) is 0.153. The Bertz CT molecular complexity index is 652. The van der Waals surface area contributed by atoms with Gasteiger partial charge in [-0.15, -0.1) is 0 Å². The van der Waals surface area contributed by atoms with Crippen LogP contribution in [0.15, 0.2) is 24.4 Å². The third-order valence-corrected chi connectivity index (χ3v) is 4.17. The van der Waals surface area contributed by atoms with Gasteiger partial charge in [0.25, 0.3) is 0 Å². The van der Waals surface area contributed by atoms with E-state index in [1.54, 1.807) is 11.1 Å². The fourth-order valence-corrected chi connectivity index (χ4v) is 2.81. The molecule has 0 unspecified atom stereocenters. The second-order valence-corrected chi connectivity index (χ2v) is 5.61. The van der Waals surface area contributed by atoms with Gasteiger partial charge in [0.05, 0.1) is 11.8 Å². The molecule has 3 heterocycles. The van der Waals surface area contributed by atoms with Crippen LogP contribution in [0.4, 0.5) is 5.95 Å². The topological polar surface area (TPSA) is 123 Å². The number of rotatable bonds is 4. The molecule has 2 aromatic heterocycles. The molecular formula is C14H19N7O2. The predicted octanol–water partition coefficient (Wildman–Crippen LogP) is -0.377. The summed E-state index contributed by atoms with van der Waals surface area (Å²) in [7, 11) is 0. The first-order chi connectivity index (χ1) is 11.1. The highest BCUT2D eigenvalue weighted by Gasteiger charge is 2.29. The van der Waals surface area contributed by atoms with E-state index in [1.807, 2.05) is 18.2 Å². The normalized spacial score (nSPS) is 17.2. The van der Waals surface area contributed by atoms with Gasteiger partial charge in [-0.3, -0.25) is 9.78 Å². The first-order valence-electron chi connectivity index (χ1n) is 7.53. The Balaban J connectivity index is 1.54. The Morgan fingerprint density at radius 2 is 2.17 bits per heavy atom. The van der Waals surface area contributed by atoms with E-state index in [4.69, 9.17) is 5.73 Å². The summed E-state index contributed by atoms with van der Waals surface area (Å²) in [6.45, 7) is 1.22. The van der Waals surface area contributed by atoms with Crippen LogP contribution in [-0.4, -0.2) is 54.2 Å². The van der Waals surface area contributed by atoms with Crippen LogP contribution in [0.2, 0.25) is 0 Å². The highest BCUT2D eigenvalue weighted by atomic mass is 16.3. The van der Waals surface area contributed by atoms with Crippen molar-refractivity contribution >= 4 is 11.9 Å². The van der Waals surface area contributed by atoms with E-state index in [-0.39, 0.29) is 24.3 Å². The zero-order valence-electron chi connectivity index (χ0n) is 12.6. The molecule has 1 aliphatic rings. The number of hydrogen-bond donors (Lipinski definition) is 2. The van der Waals surface area contributed by atoms with Gasteiger partial charge in [-0.1, -0.05) is 11.2 Å². The molecule has 0 bridgehead atoms. The number of carbonyl (C=O) groups excluding carboxylic acids is 1. The summed E-state index contributed by atoms with van der Waals surface area (Å²) >= 11 is 0. The minimum Gasteiger partial charge on any atom is -0.387 e. The first kappa shape index (κ1) is 15.3. The molecule has 1 fully saturated rings. The van der Waals surface area contributed by atoms with Gasteiger partial charge in [0.15, 0.2) is 0 Å². The number of nitrogens with zero attached hydrogens (tertiary/aromatic N) is 6. The molecule has 1 amide bonds. The lowest BCUT2D eigenvalue weighted by Crippen LogP contribution is -2.41. The van der Waals surface area contributed by atoms with Gasteiger partial charge < -0.3 is 15.7 Å². The Hall–Kier alpha value is -2.55. The van der Waals surface area contributed by atoms with Gasteiger partial charge in [-0.25, -0.2) is 4.68 Å². The number of carbonyl (C=O) groups is 1. The number of tetrazole rings is 1. The second kappa shape index (κ2) is 6.69. The van der Waals surface area contributed by atoms with Crippen LogP contribution >= 0.6 is 0 Å². The minimum absolute atomic E-state index is 0.0340. The number of aliphatic hydroxyl groups is 1. The number of aliphatic hydroxyl groups excluding tert-OH is 1. The van der Waals surface area contributed by atoms with E-state index >= 15 is 0 Å². The number of aromatic nitrogens is 5. The lowest BCUT2D eigenvalue weighted by molar-refractivity contribution is -0.134. The molecular weight excluding hydrogens is 298 g/mol. The lowest BCUT2D eigenvalue weighted by atomic mass is 9.89. The van der Waals surface area contributed by atoms with Crippen molar-refractivity contribution in [3.63, 3.8) is 0 Å². The molecule has 0 radical (unpaired) electrons. The Morgan fingerprint density at radius 3 is 2.78 bits per heavy atom. The minimum atomic E-state index is -0.594. The third kappa shape index (κ3) is 3.45. The molecule has 1 saturated heterocycles. The van der Waals surface area contributed by atoms with Gasteiger partial charge in [-0.05, 0) is 41.3 Å². The average molecular weight is 317 g/mol. The Kier molecular flexibility index (Phi) is 4.47. The van der Waals surface area contributed by atoms with Crippen LogP contribution in [-0.2, 0) is 11.3 Å². The molecule has 0 spiro atoms. The molecule has 0 saturated carbocycles. The number of pyridine rings is 1. The Labute approximate surface area is 133 Å². The monoisotopic (exact) mass is 317 g/mol. The van der Waals surface area contributed by atoms with Gasteiger partial charge >= 0.3 is 0 Å². The Morgan fingerprint density at radius 1 is 1.39 bits per heavy atom. The van der Waals surface area contributed by atoms with E-state index < -0.39 is 6.10 Å². The van der Waals surface area contributed by atoms with Crippen molar-refractivity contribution in [1.29, 1.82) is 0 Å². The van der Waals surface area contributed by atoms with Crippen molar-refractivity contribution in [2.75, 3.05) is 18.8 Å². The van der Waals surface area contributed by atoms with E-state index in [0.717, 1.165) is 12.8 Å². The molecule has 3 rings (SSSR count). The third-order valence-electron chi connectivity index (χ3n) is 4.17. The molecule has 0 aliphatic carbocycles. The number of likely N-dealkylation sites (tertiary alicyclic amines) is 1. The molecule has 2 aromatic rings. The molecule has 0 aromatic carbocycles. The molecule has 9 heteroatoms. The lowest BCUT2D eigenvalue weighted by Gasteiger charge is -2.34. The van der Waals surface area contributed by atoms with Crippen molar-refractivity contribution in [2.45, 2.75) is 25.5 Å². The summed E-state index contributed by atoms with van der Waals surface area (Å²) in [6, 6.07) is 5.51. The van der Waals surface area contributed by atoms with Crippen molar-refractivity contribution in [2.24, 2.45) is 5.92 Å². The maximum Gasteiger partial charge on any atom is 0.244 e. The predicted molar refractivity (Wildman–Crippen MR) is 80.7 cm³/mol. The molecule has 23 heavy (non-hydrogen) atoms. The van der Waals surface area contributed by atoms with Crippen LogP contribution in [0.25, 0.3) is 0 Å². The summed E-state index contributed by atoms with van der Waals surface area (Å²) in [5.41, 5.74) is 6.24. The van der Waals surface area contributed by atoms with Crippen molar-refractivity contribution in [3.05, 3.63) is 30.1 Å². The fraction of sp³-hybridized carbons (Fsp3) is 0.500. The number of piperidine rings is 1. The number of nitrogens with two attached hydrogens (primary N) is 1. The second-order valence-electron chi connectivity index (χ2n) is 5.61. The van der Waals surface area contributed by atoms with Gasteiger partial charge in [0.2, 0.25) is 11.9 Å². The molecule has 1 atom stereocenters. The van der Waals surface area contributed by atoms with Crippen LogP contribution in [0.3, 0.4) is 0 Å². The number of anilines is 1. The van der Waals surface area contributed by atoms with E-state index in [9.17, 15) is 9.90 Å². The van der Waals surface area contributed by atoms with Gasteiger partial charge in [-0.2, -0.15) is 0 Å². The van der Waals surface area contributed by atoms with Crippen LogP contribution in [0, 0.1) is 5.92 Å². The highest BCUT2D eigenvalue weighted by Crippen LogP contribution is 2.29. The average Bonchev–Trinajstić information content (AvgIpc) is 3.00. The standard InChI is InChI=1S/C14H19N7O2/c15-14-17-18-19-21(14)9-12(22)20-7-4-10(5-8-20)13(23)11-3-1-2-6-16-11/h1-3,6,10,13,23H,4-5,7-9H2,(H2,15,17,19)/t13-/m1/s1. The zero-order chi connectivity index (χ0) is 16.2. The molecule has 122 valence electrons. The van der Waals surface area contributed by atoms with Gasteiger partial charge in [0.1, 0.15) is 6.54 Å². The summed E-state index contributed by atoms with van der Waals surface area (Å²) in [4.78, 5) is 18.2. The number of nitrogen functional groups attached to an aromatic ring is 1. The maximum atomic E-state index is 12.2. The SMILES string of the molecule is Nc1nnnn1CC(=O)N1CCC([C@@H](O)c2ccccn2)CC1.